The second-order valence-electron chi connectivity index (χ2n) is 6.50. The van der Waals surface area contributed by atoms with Crippen molar-refractivity contribution in [3.05, 3.63) is 52.1 Å². The van der Waals surface area contributed by atoms with Crippen LogP contribution in [-0.2, 0) is 5.41 Å². The Morgan fingerprint density at radius 1 is 1.22 bits per heavy atom. The van der Waals surface area contributed by atoms with E-state index in [2.05, 4.69) is 9.97 Å². The second kappa shape index (κ2) is 5.08. The van der Waals surface area contributed by atoms with Crippen LogP contribution < -0.4 is 0 Å². The van der Waals surface area contributed by atoms with Crippen molar-refractivity contribution in [2.45, 2.75) is 26.2 Å². The largest absolute Gasteiger partial charge is 0.502 e. The fourth-order valence-corrected chi connectivity index (χ4v) is 2.45. The molecule has 6 nitrogen and oxygen atoms in total. The zero-order valence-electron chi connectivity index (χ0n) is 13.1. The van der Waals surface area contributed by atoms with E-state index in [0.717, 1.165) is 16.6 Å². The number of aromatic amines is 1. The third-order valence-corrected chi connectivity index (χ3v) is 3.80. The summed E-state index contributed by atoms with van der Waals surface area (Å²) >= 11 is 0. The molecule has 1 aromatic heterocycles. The Labute approximate surface area is 133 Å². The van der Waals surface area contributed by atoms with Gasteiger partial charge < -0.3 is 10.1 Å². The molecule has 0 amide bonds. The number of H-pyrrole nitrogens is 1. The van der Waals surface area contributed by atoms with Gasteiger partial charge >= 0.3 is 5.69 Å². The fraction of sp³-hybridized carbons (Fsp3) is 0.235. The number of nitro groups is 1. The molecule has 0 aliphatic rings. The Morgan fingerprint density at radius 3 is 2.52 bits per heavy atom. The maximum Gasteiger partial charge on any atom is 0.311 e. The molecule has 0 atom stereocenters. The molecule has 0 saturated heterocycles. The van der Waals surface area contributed by atoms with Gasteiger partial charge in [-0.05, 0) is 29.2 Å². The monoisotopic (exact) mass is 311 g/mol. The Hall–Kier alpha value is -2.89. The molecule has 2 aromatic carbocycles. The molecule has 0 aliphatic carbocycles. The van der Waals surface area contributed by atoms with Crippen LogP contribution in [-0.4, -0.2) is 20.0 Å². The first-order valence-corrected chi connectivity index (χ1v) is 7.24. The van der Waals surface area contributed by atoms with Gasteiger partial charge in [0.25, 0.3) is 0 Å². The van der Waals surface area contributed by atoms with Gasteiger partial charge in [0.15, 0.2) is 0 Å². The number of rotatable bonds is 2. The summed E-state index contributed by atoms with van der Waals surface area (Å²) < 4.78 is 0. The van der Waals surface area contributed by atoms with E-state index in [0.29, 0.717) is 11.4 Å². The molecule has 3 aromatic rings. The predicted octanol–water partition coefficient (Wildman–Crippen LogP) is 4.14. The summed E-state index contributed by atoms with van der Waals surface area (Å²) in [6.07, 6.45) is 0. The van der Waals surface area contributed by atoms with Crippen molar-refractivity contribution in [1.29, 1.82) is 0 Å². The SMILES string of the molecule is CC(C)(C)c1cc(-c2nc3ccccc3[nH]2)c(O)c([N+](=O)[O-])c1. The number of aromatic nitrogens is 2. The van der Waals surface area contributed by atoms with Crippen molar-refractivity contribution < 1.29 is 10.0 Å². The van der Waals surface area contributed by atoms with Crippen LogP contribution >= 0.6 is 0 Å². The average Bonchev–Trinajstić information content (AvgIpc) is 2.89. The van der Waals surface area contributed by atoms with Crippen LogP contribution in [0.25, 0.3) is 22.4 Å². The lowest BCUT2D eigenvalue weighted by Crippen LogP contribution is -2.12. The molecule has 2 N–H and O–H groups in total. The highest BCUT2D eigenvalue weighted by Crippen LogP contribution is 2.40. The first-order chi connectivity index (χ1) is 10.8. The molecule has 0 unspecified atom stereocenters. The number of phenolic OH excluding ortho intramolecular Hbond substituents is 1. The van der Waals surface area contributed by atoms with E-state index < -0.39 is 4.92 Å². The van der Waals surface area contributed by atoms with Crippen molar-refractivity contribution in [2.75, 3.05) is 0 Å². The van der Waals surface area contributed by atoms with Crippen LogP contribution in [0.15, 0.2) is 36.4 Å². The van der Waals surface area contributed by atoms with E-state index in [1.165, 1.54) is 6.07 Å². The van der Waals surface area contributed by atoms with Crippen LogP contribution in [0.3, 0.4) is 0 Å². The van der Waals surface area contributed by atoms with Crippen LogP contribution in [0.2, 0.25) is 0 Å². The number of hydrogen-bond donors (Lipinski definition) is 2. The Morgan fingerprint density at radius 2 is 1.91 bits per heavy atom. The van der Waals surface area contributed by atoms with Gasteiger partial charge in [-0.1, -0.05) is 32.9 Å². The summed E-state index contributed by atoms with van der Waals surface area (Å²) in [5, 5.41) is 21.6. The summed E-state index contributed by atoms with van der Waals surface area (Å²) in [5.74, 6) is 0.0416. The Bertz CT molecular complexity index is 874. The molecular formula is C17H17N3O3. The summed E-state index contributed by atoms with van der Waals surface area (Å²) in [7, 11) is 0. The lowest BCUT2D eigenvalue weighted by Gasteiger charge is -2.20. The van der Waals surface area contributed by atoms with Crippen LogP contribution in [0, 0.1) is 10.1 Å². The van der Waals surface area contributed by atoms with E-state index in [-0.39, 0.29) is 16.9 Å². The first-order valence-electron chi connectivity index (χ1n) is 7.24. The van der Waals surface area contributed by atoms with Crippen LogP contribution in [0.5, 0.6) is 5.75 Å². The maximum atomic E-state index is 11.3. The standard InChI is InChI=1S/C17H17N3O3/c1-17(2,3)10-8-11(15(21)14(9-10)20(22)23)16-18-12-6-4-5-7-13(12)19-16/h4-9,21H,1-3H3,(H,18,19). The average molecular weight is 311 g/mol. The number of aromatic hydroxyl groups is 1. The third-order valence-electron chi connectivity index (χ3n) is 3.80. The highest BCUT2D eigenvalue weighted by molar-refractivity contribution is 5.82. The molecule has 1 heterocycles. The van der Waals surface area contributed by atoms with E-state index in [1.807, 2.05) is 45.0 Å². The van der Waals surface area contributed by atoms with Crippen molar-refractivity contribution in [3.8, 4) is 17.1 Å². The number of para-hydroxylation sites is 2. The van der Waals surface area contributed by atoms with Gasteiger partial charge in [0.2, 0.25) is 5.75 Å². The quantitative estimate of drug-likeness (QED) is 0.549. The topological polar surface area (TPSA) is 92.0 Å². The first kappa shape index (κ1) is 15.0. The third kappa shape index (κ3) is 2.63. The zero-order valence-corrected chi connectivity index (χ0v) is 13.1. The fourth-order valence-electron chi connectivity index (χ4n) is 2.45. The van der Waals surface area contributed by atoms with E-state index in [1.54, 1.807) is 6.07 Å². The summed E-state index contributed by atoms with van der Waals surface area (Å²) in [5.41, 5.74) is 2.04. The van der Waals surface area contributed by atoms with Gasteiger partial charge in [-0.25, -0.2) is 4.98 Å². The summed E-state index contributed by atoms with van der Waals surface area (Å²) in [6, 6.07) is 10.6. The minimum Gasteiger partial charge on any atom is -0.502 e. The maximum absolute atomic E-state index is 11.3. The summed E-state index contributed by atoms with van der Waals surface area (Å²) in [6.45, 7) is 5.89. The predicted molar refractivity (Wildman–Crippen MR) is 88.5 cm³/mol. The zero-order chi connectivity index (χ0) is 16.8. The van der Waals surface area contributed by atoms with Gasteiger partial charge in [-0.2, -0.15) is 0 Å². The highest BCUT2D eigenvalue weighted by Gasteiger charge is 2.26. The van der Waals surface area contributed by atoms with Crippen LogP contribution in [0.1, 0.15) is 26.3 Å². The molecule has 23 heavy (non-hydrogen) atoms. The molecule has 0 radical (unpaired) electrons. The lowest BCUT2D eigenvalue weighted by atomic mass is 9.85. The molecule has 0 fully saturated rings. The van der Waals surface area contributed by atoms with E-state index in [4.69, 9.17) is 0 Å². The number of nitrogens with one attached hydrogen (secondary N) is 1. The van der Waals surface area contributed by atoms with Gasteiger partial charge in [-0.3, -0.25) is 10.1 Å². The number of nitrogens with zero attached hydrogens (tertiary/aromatic N) is 2. The minimum absolute atomic E-state index is 0.292. The number of hydrogen-bond acceptors (Lipinski definition) is 4. The van der Waals surface area contributed by atoms with Crippen LogP contribution in [0.4, 0.5) is 5.69 Å². The van der Waals surface area contributed by atoms with Gasteiger partial charge in [0, 0.05) is 6.07 Å². The minimum atomic E-state index is -0.573. The molecule has 0 bridgehead atoms. The van der Waals surface area contributed by atoms with Crippen molar-refractivity contribution in [1.82, 2.24) is 9.97 Å². The molecule has 0 spiro atoms. The molecular weight excluding hydrogens is 294 g/mol. The molecule has 6 heteroatoms. The Kier molecular flexibility index (Phi) is 3.32. The van der Waals surface area contributed by atoms with Gasteiger partial charge in [0.1, 0.15) is 5.82 Å². The highest BCUT2D eigenvalue weighted by atomic mass is 16.6. The smallest absolute Gasteiger partial charge is 0.311 e. The van der Waals surface area contributed by atoms with E-state index >= 15 is 0 Å². The number of benzene rings is 2. The van der Waals surface area contributed by atoms with Crippen molar-refractivity contribution in [3.63, 3.8) is 0 Å². The number of nitro benzene ring substituents is 1. The van der Waals surface area contributed by atoms with Crippen molar-refractivity contribution in [2.24, 2.45) is 0 Å². The number of fused-ring (bicyclic) bond motifs is 1. The molecule has 3 rings (SSSR count). The number of phenols is 1. The molecule has 118 valence electrons. The Balaban J connectivity index is 2.28. The van der Waals surface area contributed by atoms with Gasteiger partial charge in [-0.15, -0.1) is 0 Å². The normalized spacial score (nSPS) is 11.8. The van der Waals surface area contributed by atoms with Crippen molar-refractivity contribution >= 4 is 16.7 Å². The van der Waals surface area contributed by atoms with E-state index in [9.17, 15) is 15.2 Å². The molecule has 0 aliphatic heterocycles. The molecule has 0 saturated carbocycles. The second-order valence-corrected chi connectivity index (χ2v) is 6.50. The van der Waals surface area contributed by atoms with Gasteiger partial charge in [0.05, 0.1) is 21.5 Å². The number of imidazole rings is 1. The lowest BCUT2D eigenvalue weighted by molar-refractivity contribution is -0.385. The summed E-state index contributed by atoms with van der Waals surface area (Å²) in [4.78, 5) is 18.2.